The number of hydrogen-bond acceptors (Lipinski definition) is 5. The van der Waals surface area contributed by atoms with E-state index in [1.54, 1.807) is 37.5 Å². The maximum absolute atomic E-state index is 13.2. The molecule has 2 atom stereocenters. The maximum atomic E-state index is 13.2. The Hall–Kier alpha value is -2.67. The summed E-state index contributed by atoms with van der Waals surface area (Å²) >= 11 is 1.61. The quantitative estimate of drug-likeness (QED) is 0.727. The van der Waals surface area contributed by atoms with Gasteiger partial charge in [-0.2, -0.15) is 0 Å². The zero-order chi connectivity index (χ0) is 19.8. The lowest BCUT2D eigenvalue weighted by molar-refractivity contribution is -0.118. The molecule has 6 nitrogen and oxygen atoms in total. The number of ether oxygens (including phenoxy) is 1. The number of hydrogen-bond donors (Lipinski definition) is 1. The standard InChI is InChI=1S/C21H23N3O3S/c1-12-8-9-14-17(10-12)28-20-18(14)21(26)24(11-22-20)13(2)19(25)23-15-6-4-5-7-16(15)27-3/h4-7,11-13H,8-10H2,1-3H3,(H,23,25)/t12-,13-/m0/s1. The van der Waals surface area contributed by atoms with Crippen LogP contribution in [0.1, 0.15) is 36.8 Å². The summed E-state index contributed by atoms with van der Waals surface area (Å²) in [5.41, 5.74) is 1.56. The molecule has 1 aliphatic carbocycles. The number of nitrogens with zero attached hydrogens (tertiary/aromatic N) is 2. The van der Waals surface area contributed by atoms with E-state index in [9.17, 15) is 9.59 Å². The lowest BCUT2D eigenvalue weighted by Gasteiger charge is -2.18. The van der Waals surface area contributed by atoms with Crippen LogP contribution in [-0.4, -0.2) is 22.6 Å². The van der Waals surface area contributed by atoms with Gasteiger partial charge in [0.05, 0.1) is 24.5 Å². The van der Waals surface area contributed by atoms with Crippen LogP contribution in [0.4, 0.5) is 5.69 Å². The molecule has 1 aromatic carbocycles. The Morgan fingerprint density at radius 2 is 2.18 bits per heavy atom. The summed E-state index contributed by atoms with van der Waals surface area (Å²) in [6, 6.07) is 6.51. The van der Waals surface area contributed by atoms with Gasteiger partial charge in [-0.05, 0) is 49.8 Å². The van der Waals surface area contributed by atoms with Crippen LogP contribution in [0.15, 0.2) is 35.4 Å². The smallest absolute Gasteiger partial charge is 0.263 e. The first-order valence-electron chi connectivity index (χ1n) is 9.45. The number of methoxy groups -OCH3 is 1. The minimum Gasteiger partial charge on any atom is -0.495 e. The first kappa shape index (κ1) is 18.7. The van der Waals surface area contributed by atoms with E-state index in [-0.39, 0.29) is 11.5 Å². The third-order valence-corrected chi connectivity index (χ3v) is 6.56. The molecule has 0 bridgehead atoms. The Morgan fingerprint density at radius 1 is 1.39 bits per heavy atom. The molecule has 1 aliphatic rings. The van der Waals surface area contributed by atoms with E-state index >= 15 is 0 Å². The number of benzene rings is 1. The van der Waals surface area contributed by atoms with Crippen molar-refractivity contribution in [3.05, 3.63) is 51.4 Å². The molecule has 0 fully saturated rings. The van der Waals surface area contributed by atoms with Crippen molar-refractivity contribution in [2.24, 2.45) is 5.92 Å². The highest BCUT2D eigenvalue weighted by atomic mass is 32.1. The van der Waals surface area contributed by atoms with Gasteiger partial charge in [0, 0.05) is 4.88 Å². The average molecular weight is 398 g/mol. The summed E-state index contributed by atoms with van der Waals surface area (Å²) < 4.78 is 6.71. The van der Waals surface area contributed by atoms with E-state index in [0.29, 0.717) is 22.7 Å². The van der Waals surface area contributed by atoms with E-state index in [1.165, 1.54) is 15.8 Å². The molecule has 2 aromatic heterocycles. The maximum Gasteiger partial charge on any atom is 0.263 e. The predicted octanol–water partition coefficient (Wildman–Crippen LogP) is 3.79. The van der Waals surface area contributed by atoms with Crippen molar-refractivity contribution in [3.8, 4) is 5.75 Å². The van der Waals surface area contributed by atoms with Crippen LogP contribution in [0.25, 0.3) is 10.2 Å². The lowest BCUT2D eigenvalue weighted by Crippen LogP contribution is -2.32. The number of para-hydroxylation sites is 2. The summed E-state index contributed by atoms with van der Waals surface area (Å²) in [6.07, 6.45) is 4.47. The van der Waals surface area contributed by atoms with Crippen molar-refractivity contribution in [3.63, 3.8) is 0 Å². The van der Waals surface area contributed by atoms with Crippen LogP contribution in [0.3, 0.4) is 0 Å². The van der Waals surface area contributed by atoms with Gasteiger partial charge in [0.25, 0.3) is 5.56 Å². The van der Waals surface area contributed by atoms with Gasteiger partial charge in [-0.15, -0.1) is 11.3 Å². The number of carbonyl (C=O) groups excluding carboxylic acids is 1. The highest BCUT2D eigenvalue weighted by Gasteiger charge is 2.25. The van der Waals surface area contributed by atoms with Crippen molar-refractivity contribution in [2.45, 2.75) is 39.2 Å². The molecule has 0 spiro atoms. The van der Waals surface area contributed by atoms with Crippen LogP contribution in [0, 0.1) is 5.92 Å². The Bertz CT molecular complexity index is 1100. The molecule has 28 heavy (non-hydrogen) atoms. The normalized spacial score (nSPS) is 17.2. The zero-order valence-corrected chi connectivity index (χ0v) is 17.0. The Kier molecular flexibility index (Phi) is 4.93. The predicted molar refractivity (Wildman–Crippen MR) is 111 cm³/mol. The topological polar surface area (TPSA) is 73.2 Å². The third kappa shape index (κ3) is 3.20. The Balaban J connectivity index is 1.68. The molecule has 0 unspecified atom stereocenters. The molecule has 4 rings (SSSR count). The largest absolute Gasteiger partial charge is 0.495 e. The summed E-state index contributed by atoms with van der Waals surface area (Å²) in [4.78, 5) is 32.5. The molecule has 0 aliphatic heterocycles. The lowest BCUT2D eigenvalue weighted by atomic mass is 9.89. The molecule has 3 aromatic rings. The number of aryl methyl sites for hydroxylation is 1. The molecule has 1 amide bonds. The number of anilines is 1. The fourth-order valence-corrected chi connectivity index (χ4v) is 5.07. The van der Waals surface area contributed by atoms with E-state index in [4.69, 9.17) is 4.74 Å². The average Bonchev–Trinajstić information content (AvgIpc) is 3.06. The summed E-state index contributed by atoms with van der Waals surface area (Å²) in [7, 11) is 1.55. The van der Waals surface area contributed by atoms with Crippen LogP contribution in [0.2, 0.25) is 0 Å². The van der Waals surface area contributed by atoms with Crippen LogP contribution in [-0.2, 0) is 17.6 Å². The molecular formula is C21H23N3O3S. The molecule has 0 saturated carbocycles. The number of thiophene rings is 1. The van der Waals surface area contributed by atoms with Crippen molar-refractivity contribution < 1.29 is 9.53 Å². The molecule has 146 valence electrons. The highest BCUT2D eigenvalue weighted by molar-refractivity contribution is 7.18. The molecule has 0 saturated heterocycles. The van der Waals surface area contributed by atoms with Crippen LogP contribution in [0.5, 0.6) is 5.75 Å². The minimum absolute atomic E-state index is 0.139. The van der Waals surface area contributed by atoms with Crippen LogP contribution < -0.4 is 15.6 Å². The van der Waals surface area contributed by atoms with E-state index < -0.39 is 6.04 Å². The van der Waals surface area contributed by atoms with Gasteiger partial charge >= 0.3 is 0 Å². The number of amides is 1. The van der Waals surface area contributed by atoms with Gasteiger partial charge in [-0.1, -0.05) is 19.1 Å². The van der Waals surface area contributed by atoms with Gasteiger partial charge in [0.2, 0.25) is 5.91 Å². The van der Waals surface area contributed by atoms with Gasteiger partial charge in [0.15, 0.2) is 0 Å². The van der Waals surface area contributed by atoms with Gasteiger partial charge < -0.3 is 10.1 Å². The molecule has 7 heteroatoms. The monoisotopic (exact) mass is 397 g/mol. The Morgan fingerprint density at radius 3 is 2.96 bits per heavy atom. The zero-order valence-electron chi connectivity index (χ0n) is 16.2. The Labute approximate surface area is 167 Å². The first-order chi connectivity index (χ1) is 13.5. The van der Waals surface area contributed by atoms with E-state index in [0.717, 1.165) is 29.7 Å². The van der Waals surface area contributed by atoms with Crippen molar-refractivity contribution in [1.82, 2.24) is 9.55 Å². The summed E-state index contributed by atoms with van der Waals surface area (Å²) in [5.74, 6) is 0.920. The first-order valence-corrected chi connectivity index (χ1v) is 10.3. The molecule has 0 radical (unpaired) electrons. The fraction of sp³-hybridized carbons (Fsp3) is 0.381. The van der Waals surface area contributed by atoms with E-state index in [2.05, 4.69) is 17.2 Å². The second kappa shape index (κ2) is 7.39. The third-order valence-electron chi connectivity index (χ3n) is 5.40. The van der Waals surface area contributed by atoms with Crippen molar-refractivity contribution in [1.29, 1.82) is 0 Å². The minimum atomic E-state index is -0.688. The summed E-state index contributed by atoms with van der Waals surface area (Å²) in [6.45, 7) is 3.95. The number of rotatable bonds is 4. The fourth-order valence-electron chi connectivity index (χ4n) is 3.73. The number of carbonyl (C=O) groups is 1. The second-order valence-corrected chi connectivity index (χ2v) is 8.44. The summed E-state index contributed by atoms with van der Waals surface area (Å²) in [5, 5.41) is 3.53. The second-order valence-electron chi connectivity index (χ2n) is 7.35. The molecular weight excluding hydrogens is 374 g/mol. The highest BCUT2D eigenvalue weighted by Crippen LogP contribution is 2.35. The van der Waals surface area contributed by atoms with E-state index in [1.807, 2.05) is 12.1 Å². The van der Waals surface area contributed by atoms with Gasteiger partial charge in [-0.3, -0.25) is 14.2 Å². The van der Waals surface area contributed by atoms with Crippen molar-refractivity contribution >= 4 is 33.1 Å². The number of nitrogens with one attached hydrogen (secondary N) is 1. The van der Waals surface area contributed by atoms with Gasteiger partial charge in [0.1, 0.15) is 16.6 Å². The molecule has 1 N–H and O–H groups in total. The van der Waals surface area contributed by atoms with Crippen LogP contribution >= 0.6 is 11.3 Å². The number of aromatic nitrogens is 2. The number of fused-ring (bicyclic) bond motifs is 3. The van der Waals surface area contributed by atoms with Gasteiger partial charge in [-0.25, -0.2) is 4.98 Å². The SMILES string of the molecule is COc1ccccc1NC(=O)[C@H](C)n1cnc2sc3c(c2c1=O)CC[C@H](C)C3. The molecule has 2 heterocycles. The van der Waals surface area contributed by atoms with Crippen molar-refractivity contribution in [2.75, 3.05) is 12.4 Å².